The molecule has 0 heterocycles. The van der Waals surface area contributed by atoms with Crippen molar-refractivity contribution in [3.05, 3.63) is 63.7 Å². The van der Waals surface area contributed by atoms with Crippen LogP contribution < -0.4 is 10.2 Å². The molecular formula is C15H13N3O5. The van der Waals surface area contributed by atoms with Gasteiger partial charge in [-0.15, -0.1) is 0 Å². The number of nitrogens with zero attached hydrogens (tertiary/aromatic N) is 2. The Morgan fingerprint density at radius 1 is 1.30 bits per heavy atom. The SMILES string of the molecule is COc1c(O)ccc(C=NNC(=O)c2ccccc2)c1[N+](=O)[O-]. The largest absolute Gasteiger partial charge is 0.504 e. The average molecular weight is 315 g/mol. The van der Waals surface area contributed by atoms with Crippen LogP contribution in [0.4, 0.5) is 5.69 Å². The van der Waals surface area contributed by atoms with E-state index in [2.05, 4.69) is 10.5 Å². The maximum atomic E-state index is 11.8. The molecule has 2 aromatic rings. The van der Waals surface area contributed by atoms with Crippen LogP contribution in [-0.4, -0.2) is 29.3 Å². The molecule has 0 aromatic heterocycles. The normalized spacial score (nSPS) is 10.5. The monoisotopic (exact) mass is 315 g/mol. The lowest BCUT2D eigenvalue weighted by molar-refractivity contribution is -0.386. The van der Waals surface area contributed by atoms with Gasteiger partial charge in [0, 0.05) is 5.56 Å². The molecule has 0 saturated carbocycles. The summed E-state index contributed by atoms with van der Waals surface area (Å²) in [6, 6.07) is 10.9. The third-order valence-corrected chi connectivity index (χ3v) is 2.93. The Labute approximate surface area is 131 Å². The Morgan fingerprint density at radius 3 is 2.61 bits per heavy atom. The van der Waals surface area contributed by atoms with Crippen molar-refractivity contribution in [1.29, 1.82) is 0 Å². The van der Waals surface area contributed by atoms with Crippen LogP contribution in [0.25, 0.3) is 0 Å². The molecule has 0 aliphatic carbocycles. The first-order valence-electron chi connectivity index (χ1n) is 6.47. The van der Waals surface area contributed by atoms with E-state index in [1.165, 1.54) is 19.2 Å². The highest BCUT2D eigenvalue weighted by molar-refractivity contribution is 5.95. The predicted molar refractivity (Wildman–Crippen MR) is 82.8 cm³/mol. The van der Waals surface area contributed by atoms with Crippen LogP contribution >= 0.6 is 0 Å². The van der Waals surface area contributed by atoms with Gasteiger partial charge in [0.05, 0.1) is 23.8 Å². The number of nitrogens with one attached hydrogen (secondary N) is 1. The number of nitro benzene ring substituents is 1. The number of hydrogen-bond acceptors (Lipinski definition) is 6. The fourth-order valence-electron chi connectivity index (χ4n) is 1.88. The van der Waals surface area contributed by atoms with Gasteiger partial charge >= 0.3 is 5.69 Å². The number of ether oxygens (including phenoxy) is 1. The van der Waals surface area contributed by atoms with Crippen molar-refractivity contribution in [2.75, 3.05) is 7.11 Å². The topological polar surface area (TPSA) is 114 Å². The minimum absolute atomic E-state index is 0.0815. The summed E-state index contributed by atoms with van der Waals surface area (Å²) in [5.41, 5.74) is 2.32. The van der Waals surface area contributed by atoms with Crippen molar-refractivity contribution < 1.29 is 19.6 Å². The van der Waals surface area contributed by atoms with Gasteiger partial charge in [-0.1, -0.05) is 18.2 Å². The summed E-state index contributed by atoms with van der Waals surface area (Å²) < 4.78 is 4.83. The summed E-state index contributed by atoms with van der Waals surface area (Å²) >= 11 is 0. The summed E-state index contributed by atoms with van der Waals surface area (Å²) in [7, 11) is 1.21. The second kappa shape index (κ2) is 7.03. The summed E-state index contributed by atoms with van der Waals surface area (Å²) in [5, 5.41) is 24.4. The number of carbonyl (C=O) groups excluding carboxylic acids is 1. The number of phenolic OH excluding ortho intramolecular Hbond substituents is 1. The zero-order valence-corrected chi connectivity index (χ0v) is 12.1. The molecule has 0 saturated heterocycles. The maximum Gasteiger partial charge on any atom is 0.323 e. The van der Waals surface area contributed by atoms with Gasteiger partial charge < -0.3 is 9.84 Å². The van der Waals surface area contributed by atoms with Crippen molar-refractivity contribution in [3.63, 3.8) is 0 Å². The van der Waals surface area contributed by atoms with Gasteiger partial charge in [0.1, 0.15) is 0 Å². The molecule has 0 radical (unpaired) electrons. The minimum atomic E-state index is -0.696. The predicted octanol–water partition coefficient (Wildman–Crippen LogP) is 2.07. The number of carbonyl (C=O) groups is 1. The van der Waals surface area contributed by atoms with Crippen LogP contribution in [0, 0.1) is 10.1 Å². The van der Waals surface area contributed by atoms with Gasteiger partial charge in [-0.05, 0) is 24.3 Å². The molecule has 23 heavy (non-hydrogen) atoms. The second-order valence-corrected chi connectivity index (χ2v) is 4.38. The molecule has 0 aliphatic heterocycles. The number of rotatable bonds is 5. The Balaban J connectivity index is 2.23. The van der Waals surface area contributed by atoms with Crippen molar-refractivity contribution in [1.82, 2.24) is 5.43 Å². The Kier molecular flexibility index (Phi) is 4.88. The zero-order chi connectivity index (χ0) is 16.8. The van der Waals surface area contributed by atoms with Gasteiger partial charge in [-0.3, -0.25) is 14.9 Å². The highest BCUT2D eigenvalue weighted by atomic mass is 16.6. The molecule has 2 rings (SSSR count). The van der Waals surface area contributed by atoms with Crippen LogP contribution in [0.1, 0.15) is 15.9 Å². The molecule has 0 fully saturated rings. The lowest BCUT2D eigenvalue weighted by Gasteiger charge is -2.06. The van der Waals surface area contributed by atoms with E-state index in [0.717, 1.165) is 6.21 Å². The highest BCUT2D eigenvalue weighted by Gasteiger charge is 2.23. The van der Waals surface area contributed by atoms with E-state index in [1.54, 1.807) is 30.3 Å². The lowest BCUT2D eigenvalue weighted by Crippen LogP contribution is -2.17. The van der Waals surface area contributed by atoms with Crippen LogP contribution in [0.2, 0.25) is 0 Å². The van der Waals surface area contributed by atoms with Crippen molar-refractivity contribution >= 4 is 17.8 Å². The first-order valence-corrected chi connectivity index (χ1v) is 6.47. The smallest absolute Gasteiger partial charge is 0.323 e. The summed E-state index contributed by atoms with van der Waals surface area (Å²) in [6.45, 7) is 0. The zero-order valence-electron chi connectivity index (χ0n) is 12.1. The summed E-state index contributed by atoms with van der Waals surface area (Å²) in [4.78, 5) is 22.2. The molecule has 0 aliphatic rings. The number of hydrazone groups is 1. The fraction of sp³-hybridized carbons (Fsp3) is 0.0667. The molecule has 1 amide bonds. The number of aromatic hydroxyl groups is 1. The average Bonchev–Trinajstić information content (AvgIpc) is 2.56. The lowest BCUT2D eigenvalue weighted by atomic mass is 10.1. The maximum absolute atomic E-state index is 11.8. The van der Waals surface area contributed by atoms with Gasteiger partial charge in [0.25, 0.3) is 5.91 Å². The molecule has 0 spiro atoms. The van der Waals surface area contributed by atoms with Gasteiger partial charge in [-0.2, -0.15) is 5.10 Å². The molecule has 0 unspecified atom stereocenters. The summed E-state index contributed by atoms with van der Waals surface area (Å²) in [6.07, 6.45) is 1.11. The van der Waals surface area contributed by atoms with Crippen LogP contribution in [0.3, 0.4) is 0 Å². The number of hydrogen-bond donors (Lipinski definition) is 2. The molecule has 8 heteroatoms. The number of amides is 1. The fourth-order valence-corrected chi connectivity index (χ4v) is 1.88. The van der Waals surface area contributed by atoms with E-state index in [1.807, 2.05) is 0 Å². The molecule has 2 N–H and O–H groups in total. The number of nitro groups is 1. The number of phenols is 1. The first-order chi connectivity index (χ1) is 11.0. The number of methoxy groups -OCH3 is 1. The number of benzene rings is 2. The Morgan fingerprint density at radius 2 is 2.00 bits per heavy atom. The van der Waals surface area contributed by atoms with Crippen molar-refractivity contribution in [2.45, 2.75) is 0 Å². The Hall–Kier alpha value is -3.42. The molecule has 118 valence electrons. The van der Waals surface area contributed by atoms with E-state index in [9.17, 15) is 20.0 Å². The minimum Gasteiger partial charge on any atom is -0.504 e. The van der Waals surface area contributed by atoms with E-state index in [0.29, 0.717) is 5.56 Å². The van der Waals surface area contributed by atoms with Crippen molar-refractivity contribution in [3.8, 4) is 11.5 Å². The Bertz CT molecular complexity index is 759. The second-order valence-electron chi connectivity index (χ2n) is 4.38. The first kappa shape index (κ1) is 16.0. The van der Waals surface area contributed by atoms with Crippen molar-refractivity contribution in [2.24, 2.45) is 5.10 Å². The van der Waals surface area contributed by atoms with Gasteiger partial charge in [-0.25, -0.2) is 5.43 Å². The standard InChI is InChI=1S/C15H13N3O5/c1-23-14-12(19)8-7-11(13(14)18(21)22)9-16-17-15(20)10-5-3-2-4-6-10/h2-9,19H,1H3,(H,17,20). The van der Waals surface area contributed by atoms with Crippen LogP contribution in [0.5, 0.6) is 11.5 Å². The highest BCUT2D eigenvalue weighted by Crippen LogP contribution is 2.37. The van der Waals surface area contributed by atoms with E-state index >= 15 is 0 Å². The van der Waals surface area contributed by atoms with E-state index in [-0.39, 0.29) is 17.1 Å². The van der Waals surface area contributed by atoms with Crippen LogP contribution in [0.15, 0.2) is 47.6 Å². The van der Waals surface area contributed by atoms with Gasteiger partial charge in [0.2, 0.25) is 5.75 Å². The molecule has 0 bridgehead atoms. The molecule has 2 aromatic carbocycles. The third kappa shape index (κ3) is 3.62. The summed E-state index contributed by atoms with van der Waals surface area (Å²) in [5.74, 6) is -1.08. The molecule has 8 nitrogen and oxygen atoms in total. The van der Waals surface area contributed by atoms with E-state index < -0.39 is 16.5 Å². The third-order valence-electron chi connectivity index (χ3n) is 2.93. The quantitative estimate of drug-likeness (QED) is 0.498. The van der Waals surface area contributed by atoms with Gasteiger partial charge in [0.15, 0.2) is 5.75 Å². The van der Waals surface area contributed by atoms with Crippen LogP contribution in [-0.2, 0) is 0 Å². The van der Waals surface area contributed by atoms with E-state index in [4.69, 9.17) is 4.74 Å². The molecular weight excluding hydrogens is 302 g/mol. The molecule has 0 atom stereocenters.